The van der Waals surface area contributed by atoms with E-state index >= 15 is 0 Å². The zero-order valence-corrected chi connectivity index (χ0v) is 6.89. The summed E-state index contributed by atoms with van der Waals surface area (Å²) in [5.74, 6) is 0. The van der Waals surface area contributed by atoms with E-state index in [2.05, 4.69) is 20.6 Å². The summed E-state index contributed by atoms with van der Waals surface area (Å²) in [5.41, 5.74) is 0.769. The number of hydrogen-bond acceptors (Lipinski definition) is 6. The van der Waals surface area contributed by atoms with Crippen molar-refractivity contribution in [1.82, 2.24) is 30.0 Å². The van der Waals surface area contributed by atoms with Crippen LogP contribution in [0.3, 0.4) is 0 Å². The van der Waals surface area contributed by atoms with E-state index in [-0.39, 0.29) is 0 Å². The van der Waals surface area contributed by atoms with Gasteiger partial charge in [0.2, 0.25) is 0 Å². The Hall–Kier alpha value is -1.80. The van der Waals surface area contributed by atoms with E-state index in [0.29, 0.717) is 11.4 Å². The molecular formula is C6H6N6O2. The number of rotatable bonds is 0. The Kier molecular flexibility index (Phi) is 1.28. The van der Waals surface area contributed by atoms with Crippen LogP contribution in [0.4, 0.5) is 0 Å². The molecule has 0 bridgehead atoms. The van der Waals surface area contributed by atoms with Crippen LogP contribution >= 0.6 is 0 Å². The van der Waals surface area contributed by atoms with Crippen molar-refractivity contribution in [3.63, 3.8) is 0 Å². The van der Waals surface area contributed by atoms with Crippen molar-refractivity contribution in [2.45, 2.75) is 12.5 Å². The topological polar surface area (TPSA) is 102 Å². The number of fused-ring (bicyclic) bond motifs is 2. The third-order valence-electron chi connectivity index (χ3n) is 2.20. The lowest BCUT2D eigenvalue weighted by atomic mass is 10.3. The molecule has 2 atom stereocenters. The molecule has 1 aliphatic rings. The molecule has 0 fully saturated rings. The van der Waals surface area contributed by atoms with E-state index < -0.39 is 12.5 Å². The van der Waals surface area contributed by atoms with E-state index in [9.17, 15) is 10.2 Å². The van der Waals surface area contributed by atoms with Crippen LogP contribution in [0.5, 0.6) is 0 Å². The van der Waals surface area contributed by atoms with Crippen LogP contribution in [0.1, 0.15) is 23.8 Å². The molecule has 0 aromatic carbocycles. The van der Waals surface area contributed by atoms with Gasteiger partial charge in [0.15, 0.2) is 12.5 Å². The highest BCUT2D eigenvalue weighted by molar-refractivity contribution is 5.13. The van der Waals surface area contributed by atoms with Gasteiger partial charge in [0, 0.05) is 0 Å². The molecule has 0 radical (unpaired) electrons. The van der Waals surface area contributed by atoms with E-state index in [1.54, 1.807) is 0 Å². The molecule has 0 aliphatic carbocycles. The van der Waals surface area contributed by atoms with Gasteiger partial charge in [0.25, 0.3) is 0 Å². The Labute approximate surface area is 77.4 Å². The van der Waals surface area contributed by atoms with Gasteiger partial charge in [-0.3, -0.25) is 0 Å². The molecular weight excluding hydrogens is 188 g/mol. The van der Waals surface area contributed by atoms with Crippen molar-refractivity contribution in [1.29, 1.82) is 0 Å². The largest absolute Gasteiger partial charge is 0.366 e. The molecule has 2 unspecified atom stereocenters. The molecule has 8 nitrogen and oxygen atoms in total. The molecule has 3 rings (SSSR count). The zero-order valence-electron chi connectivity index (χ0n) is 6.89. The molecule has 2 aromatic rings. The monoisotopic (exact) mass is 194 g/mol. The lowest BCUT2D eigenvalue weighted by Gasteiger charge is -2.23. The van der Waals surface area contributed by atoms with Gasteiger partial charge in [-0.15, -0.1) is 10.2 Å². The van der Waals surface area contributed by atoms with Gasteiger partial charge in [-0.2, -0.15) is 0 Å². The van der Waals surface area contributed by atoms with Crippen LogP contribution in [0, 0.1) is 0 Å². The van der Waals surface area contributed by atoms with E-state index in [4.69, 9.17) is 0 Å². The highest BCUT2D eigenvalue weighted by atomic mass is 16.3. The molecule has 1 aliphatic heterocycles. The minimum atomic E-state index is -0.995. The van der Waals surface area contributed by atoms with Gasteiger partial charge in [-0.1, -0.05) is 10.4 Å². The Balaban J connectivity index is 2.26. The summed E-state index contributed by atoms with van der Waals surface area (Å²) in [6.07, 6.45) is 0.758. The van der Waals surface area contributed by atoms with Crippen molar-refractivity contribution < 1.29 is 10.2 Å². The predicted octanol–water partition coefficient (Wildman–Crippen LogP) is -1.74. The molecule has 3 heterocycles. The number of aliphatic hydroxyl groups is 2. The maximum absolute atomic E-state index is 9.76. The molecule has 2 N–H and O–H groups in total. The number of aliphatic hydroxyl groups excluding tert-OH is 2. The Bertz CT molecular complexity index is 395. The first kappa shape index (κ1) is 7.59. The minimum Gasteiger partial charge on any atom is -0.366 e. The van der Waals surface area contributed by atoms with E-state index in [1.165, 1.54) is 21.8 Å². The zero-order chi connectivity index (χ0) is 9.71. The van der Waals surface area contributed by atoms with Crippen molar-refractivity contribution in [3.8, 4) is 0 Å². The van der Waals surface area contributed by atoms with Gasteiger partial charge in [0.1, 0.15) is 11.4 Å². The van der Waals surface area contributed by atoms with Gasteiger partial charge >= 0.3 is 0 Å². The second-order valence-corrected chi connectivity index (χ2v) is 2.95. The normalized spacial score (nSPS) is 24.4. The van der Waals surface area contributed by atoms with Crippen LogP contribution in [-0.4, -0.2) is 40.2 Å². The van der Waals surface area contributed by atoms with Crippen molar-refractivity contribution >= 4 is 0 Å². The maximum Gasteiger partial charge on any atom is 0.193 e. The van der Waals surface area contributed by atoms with Gasteiger partial charge in [-0.05, 0) is 0 Å². The lowest BCUT2D eigenvalue weighted by molar-refractivity contribution is 0.0413. The first-order valence-electron chi connectivity index (χ1n) is 3.95. The van der Waals surface area contributed by atoms with Crippen molar-refractivity contribution in [2.75, 3.05) is 0 Å². The number of hydrogen-bond donors (Lipinski definition) is 2. The van der Waals surface area contributed by atoms with Gasteiger partial charge < -0.3 is 10.2 Å². The first-order chi connectivity index (χ1) is 6.79. The molecule has 0 saturated carbocycles. The molecule has 14 heavy (non-hydrogen) atoms. The van der Waals surface area contributed by atoms with Gasteiger partial charge in [0.05, 0.1) is 12.4 Å². The lowest BCUT2D eigenvalue weighted by Crippen LogP contribution is -2.29. The van der Waals surface area contributed by atoms with Crippen LogP contribution < -0.4 is 0 Å². The third kappa shape index (κ3) is 0.738. The SMILES string of the molecule is OC1c2cnnn2C(O)c2cnnn21. The summed E-state index contributed by atoms with van der Waals surface area (Å²) in [6.45, 7) is 0. The molecule has 8 heteroatoms. The second-order valence-electron chi connectivity index (χ2n) is 2.95. The molecule has 0 saturated heterocycles. The summed E-state index contributed by atoms with van der Waals surface area (Å²) in [5, 5.41) is 34.0. The van der Waals surface area contributed by atoms with Crippen LogP contribution in [-0.2, 0) is 0 Å². The third-order valence-corrected chi connectivity index (χ3v) is 2.20. The summed E-state index contributed by atoms with van der Waals surface area (Å²) < 4.78 is 2.45. The fraction of sp³-hybridized carbons (Fsp3) is 0.333. The average molecular weight is 194 g/mol. The van der Waals surface area contributed by atoms with Crippen LogP contribution in [0.25, 0.3) is 0 Å². The number of nitrogens with zero attached hydrogens (tertiary/aromatic N) is 6. The fourth-order valence-corrected chi connectivity index (χ4v) is 1.50. The van der Waals surface area contributed by atoms with Crippen molar-refractivity contribution in [3.05, 3.63) is 23.8 Å². The van der Waals surface area contributed by atoms with Crippen LogP contribution in [0.2, 0.25) is 0 Å². The van der Waals surface area contributed by atoms with Gasteiger partial charge in [-0.25, -0.2) is 9.36 Å². The quantitative estimate of drug-likeness (QED) is 0.516. The summed E-state index contributed by atoms with van der Waals surface area (Å²) in [6, 6.07) is 0. The Morgan fingerprint density at radius 2 is 1.36 bits per heavy atom. The molecule has 0 amide bonds. The summed E-state index contributed by atoms with van der Waals surface area (Å²) in [7, 11) is 0. The average Bonchev–Trinajstić information content (AvgIpc) is 2.82. The maximum atomic E-state index is 9.76. The molecule has 0 spiro atoms. The molecule has 2 aromatic heterocycles. The standard InChI is InChI=1S/C6H6N6O2/c13-5-3-1-7-9-11(3)6(14)4-2-8-10-12(4)5/h1-2,5-6,13-14H. The fourth-order valence-electron chi connectivity index (χ4n) is 1.50. The highest BCUT2D eigenvalue weighted by Gasteiger charge is 2.32. The second kappa shape index (κ2) is 2.36. The Morgan fingerprint density at radius 1 is 0.929 bits per heavy atom. The Morgan fingerprint density at radius 3 is 1.79 bits per heavy atom. The van der Waals surface area contributed by atoms with Crippen molar-refractivity contribution in [2.24, 2.45) is 0 Å². The first-order valence-corrected chi connectivity index (χ1v) is 3.95. The number of aromatic nitrogens is 6. The minimum absolute atomic E-state index is 0.385. The van der Waals surface area contributed by atoms with Crippen LogP contribution in [0.15, 0.2) is 12.4 Å². The highest BCUT2D eigenvalue weighted by Crippen LogP contribution is 2.27. The summed E-state index contributed by atoms with van der Waals surface area (Å²) in [4.78, 5) is 0. The molecule has 72 valence electrons. The predicted molar refractivity (Wildman–Crippen MR) is 40.8 cm³/mol. The smallest absolute Gasteiger partial charge is 0.193 e. The van der Waals surface area contributed by atoms with E-state index in [1.807, 2.05) is 0 Å². The van der Waals surface area contributed by atoms with E-state index in [0.717, 1.165) is 0 Å². The summed E-state index contributed by atoms with van der Waals surface area (Å²) >= 11 is 0.